The van der Waals surface area contributed by atoms with Crippen LogP contribution in [0.1, 0.15) is 12.1 Å². The SMILES string of the molecule is Cc1cc(NC2CCNC2)c2cc([N+](=O)[O-])ccc2n1. The Morgan fingerprint density at radius 2 is 2.30 bits per heavy atom. The number of nitro benzene ring substituents is 1. The first-order chi connectivity index (χ1) is 9.63. The predicted octanol–water partition coefficient (Wildman–Crippen LogP) is 2.23. The van der Waals surface area contributed by atoms with Gasteiger partial charge < -0.3 is 10.6 Å². The molecule has 1 saturated heterocycles. The van der Waals surface area contributed by atoms with Crippen molar-refractivity contribution in [3.8, 4) is 0 Å². The first-order valence-electron chi connectivity index (χ1n) is 6.66. The minimum Gasteiger partial charge on any atom is -0.380 e. The van der Waals surface area contributed by atoms with Crippen LogP contribution in [0.3, 0.4) is 0 Å². The van der Waals surface area contributed by atoms with Crippen molar-refractivity contribution in [1.29, 1.82) is 0 Å². The Hall–Kier alpha value is -2.21. The van der Waals surface area contributed by atoms with Crippen LogP contribution in [0.2, 0.25) is 0 Å². The highest BCUT2D eigenvalue weighted by Gasteiger charge is 2.17. The first-order valence-corrected chi connectivity index (χ1v) is 6.66. The zero-order valence-electron chi connectivity index (χ0n) is 11.2. The largest absolute Gasteiger partial charge is 0.380 e. The number of hydrogen-bond donors (Lipinski definition) is 2. The van der Waals surface area contributed by atoms with Gasteiger partial charge in [0, 0.05) is 41.5 Å². The average molecular weight is 272 g/mol. The lowest BCUT2D eigenvalue weighted by Crippen LogP contribution is -2.22. The third-order valence-electron chi connectivity index (χ3n) is 3.55. The molecule has 0 amide bonds. The topological polar surface area (TPSA) is 80.1 Å². The van der Waals surface area contributed by atoms with Crippen LogP contribution in [0.4, 0.5) is 11.4 Å². The second kappa shape index (κ2) is 5.05. The van der Waals surface area contributed by atoms with Crippen LogP contribution >= 0.6 is 0 Å². The minimum atomic E-state index is -0.375. The Bertz CT molecular complexity index is 666. The summed E-state index contributed by atoms with van der Waals surface area (Å²) < 4.78 is 0. The fraction of sp³-hybridized carbons (Fsp3) is 0.357. The first kappa shape index (κ1) is 12.8. The number of nitrogens with one attached hydrogen (secondary N) is 2. The summed E-state index contributed by atoms with van der Waals surface area (Å²) in [4.78, 5) is 15.0. The molecule has 0 radical (unpaired) electrons. The van der Waals surface area contributed by atoms with Gasteiger partial charge in [-0.3, -0.25) is 15.1 Å². The van der Waals surface area contributed by atoms with Gasteiger partial charge in [0.15, 0.2) is 0 Å². The fourth-order valence-electron chi connectivity index (χ4n) is 2.58. The molecule has 104 valence electrons. The van der Waals surface area contributed by atoms with Gasteiger partial charge in [-0.25, -0.2) is 0 Å². The molecule has 6 heteroatoms. The summed E-state index contributed by atoms with van der Waals surface area (Å²) in [6.07, 6.45) is 1.05. The zero-order chi connectivity index (χ0) is 14.1. The van der Waals surface area contributed by atoms with E-state index >= 15 is 0 Å². The van der Waals surface area contributed by atoms with Gasteiger partial charge in [-0.15, -0.1) is 0 Å². The van der Waals surface area contributed by atoms with Crippen LogP contribution in [-0.2, 0) is 0 Å². The number of anilines is 1. The zero-order valence-corrected chi connectivity index (χ0v) is 11.2. The number of pyridine rings is 1. The molecule has 1 aromatic heterocycles. The molecule has 2 N–H and O–H groups in total. The van der Waals surface area contributed by atoms with Crippen LogP contribution in [0.25, 0.3) is 10.9 Å². The number of aryl methyl sites for hydroxylation is 1. The lowest BCUT2D eigenvalue weighted by atomic mass is 10.1. The van der Waals surface area contributed by atoms with Crippen molar-refractivity contribution in [3.05, 3.63) is 40.1 Å². The summed E-state index contributed by atoms with van der Waals surface area (Å²) in [7, 11) is 0. The highest BCUT2D eigenvalue weighted by molar-refractivity contribution is 5.93. The quantitative estimate of drug-likeness (QED) is 0.661. The van der Waals surface area contributed by atoms with Crippen LogP contribution in [0.15, 0.2) is 24.3 Å². The Morgan fingerprint density at radius 3 is 3.00 bits per heavy atom. The summed E-state index contributed by atoms with van der Waals surface area (Å²) in [5.74, 6) is 0. The van der Waals surface area contributed by atoms with Crippen LogP contribution < -0.4 is 10.6 Å². The number of fused-ring (bicyclic) bond motifs is 1. The molecule has 1 aromatic carbocycles. The van der Waals surface area contributed by atoms with Gasteiger partial charge >= 0.3 is 0 Å². The summed E-state index contributed by atoms with van der Waals surface area (Å²) in [6.45, 7) is 3.84. The highest BCUT2D eigenvalue weighted by atomic mass is 16.6. The maximum atomic E-state index is 10.9. The van der Waals surface area contributed by atoms with E-state index in [9.17, 15) is 10.1 Å². The molecule has 1 unspecified atom stereocenters. The van der Waals surface area contributed by atoms with Gasteiger partial charge in [-0.2, -0.15) is 0 Å². The second-order valence-electron chi connectivity index (χ2n) is 5.10. The van der Waals surface area contributed by atoms with Crippen LogP contribution in [-0.4, -0.2) is 29.0 Å². The Morgan fingerprint density at radius 1 is 1.45 bits per heavy atom. The van der Waals surface area contributed by atoms with E-state index in [0.29, 0.717) is 6.04 Å². The predicted molar refractivity (Wildman–Crippen MR) is 78.0 cm³/mol. The van der Waals surface area contributed by atoms with Gasteiger partial charge in [0.1, 0.15) is 0 Å². The number of aromatic nitrogens is 1. The van der Waals surface area contributed by atoms with E-state index in [-0.39, 0.29) is 10.6 Å². The second-order valence-corrected chi connectivity index (χ2v) is 5.10. The monoisotopic (exact) mass is 272 g/mol. The number of nitrogens with zero attached hydrogens (tertiary/aromatic N) is 2. The Labute approximate surface area is 116 Å². The molecule has 0 spiro atoms. The van der Waals surface area contributed by atoms with Crippen molar-refractivity contribution in [3.63, 3.8) is 0 Å². The molecular formula is C14H16N4O2. The van der Waals surface area contributed by atoms with E-state index in [1.165, 1.54) is 6.07 Å². The summed E-state index contributed by atoms with van der Waals surface area (Å²) in [5, 5.41) is 18.5. The van der Waals surface area contributed by atoms with E-state index in [1.54, 1.807) is 12.1 Å². The molecule has 0 aliphatic carbocycles. The smallest absolute Gasteiger partial charge is 0.270 e. The van der Waals surface area contributed by atoms with Crippen LogP contribution in [0.5, 0.6) is 0 Å². The van der Waals surface area contributed by atoms with E-state index in [1.807, 2.05) is 13.0 Å². The molecule has 0 bridgehead atoms. The van der Waals surface area contributed by atoms with Crippen molar-refractivity contribution in [1.82, 2.24) is 10.3 Å². The van der Waals surface area contributed by atoms with Crippen LogP contribution in [0, 0.1) is 17.0 Å². The lowest BCUT2D eigenvalue weighted by molar-refractivity contribution is -0.384. The van der Waals surface area contributed by atoms with Crippen molar-refractivity contribution in [2.45, 2.75) is 19.4 Å². The van der Waals surface area contributed by atoms with Crippen molar-refractivity contribution >= 4 is 22.3 Å². The fourth-order valence-corrected chi connectivity index (χ4v) is 2.58. The molecule has 1 fully saturated rings. The number of non-ortho nitro benzene ring substituents is 1. The molecule has 1 aliphatic heterocycles. The van der Waals surface area contributed by atoms with E-state index in [2.05, 4.69) is 15.6 Å². The van der Waals surface area contributed by atoms with Gasteiger partial charge in [-0.05, 0) is 32.0 Å². The number of benzene rings is 1. The Balaban J connectivity index is 2.07. The molecule has 2 aromatic rings. The lowest BCUT2D eigenvalue weighted by Gasteiger charge is -2.15. The van der Waals surface area contributed by atoms with E-state index in [0.717, 1.165) is 41.8 Å². The molecule has 1 aliphatic rings. The highest BCUT2D eigenvalue weighted by Crippen LogP contribution is 2.28. The van der Waals surface area contributed by atoms with E-state index < -0.39 is 0 Å². The average Bonchev–Trinajstić information content (AvgIpc) is 2.91. The standard InChI is InChI=1S/C14H16N4O2/c1-9-6-14(17-10-4-5-15-8-10)12-7-11(18(19)20)2-3-13(12)16-9/h2-3,6-7,10,15H,4-5,8H2,1H3,(H,16,17). The molecule has 3 rings (SSSR count). The molecule has 2 heterocycles. The third kappa shape index (κ3) is 2.42. The van der Waals surface area contributed by atoms with Gasteiger partial charge in [0.05, 0.1) is 10.4 Å². The van der Waals surface area contributed by atoms with Gasteiger partial charge in [-0.1, -0.05) is 0 Å². The summed E-state index contributed by atoms with van der Waals surface area (Å²) >= 11 is 0. The maximum Gasteiger partial charge on any atom is 0.270 e. The maximum absolute atomic E-state index is 10.9. The van der Waals surface area contributed by atoms with Gasteiger partial charge in [0.25, 0.3) is 5.69 Å². The number of hydrogen-bond acceptors (Lipinski definition) is 5. The molecular weight excluding hydrogens is 256 g/mol. The number of nitro groups is 1. The normalized spacial score (nSPS) is 18.4. The van der Waals surface area contributed by atoms with Crippen molar-refractivity contribution in [2.24, 2.45) is 0 Å². The number of rotatable bonds is 3. The van der Waals surface area contributed by atoms with Crippen molar-refractivity contribution in [2.75, 3.05) is 18.4 Å². The summed E-state index contributed by atoms with van der Waals surface area (Å²) in [6, 6.07) is 7.10. The van der Waals surface area contributed by atoms with Crippen molar-refractivity contribution < 1.29 is 4.92 Å². The molecule has 20 heavy (non-hydrogen) atoms. The molecule has 0 saturated carbocycles. The van der Waals surface area contributed by atoms with Gasteiger partial charge in [0.2, 0.25) is 0 Å². The Kier molecular flexibility index (Phi) is 3.23. The third-order valence-corrected chi connectivity index (χ3v) is 3.55. The minimum absolute atomic E-state index is 0.0933. The molecule has 1 atom stereocenters. The summed E-state index contributed by atoms with van der Waals surface area (Å²) in [5.41, 5.74) is 2.70. The van der Waals surface area contributed by atoms with E-state index in [4.69, 9.17) is 0 Å². The molecule has 6 nitrogen and oxygen atoms in total.